The Morgan fingerprint density at radius 2 is 1.44 bits per heavy atom. The van der Waals surface area contributed by atoms with Gasteiger partial charge in [-0.3, -0.25) is 0 Å². The molecule has 0 aromatic carbocycles. The van der Waals surface area contributed by atoms with Crippen LogP contribution in [0.15, 0.2) is 0 Å². The molecule has 0 saturated carbocycles. The van der Waals surface area contributed by atoms with Crippen LogP contribution in [0.4, 0.5) is 0 Å². The molecule has 0 bridgehead atoms. The highest BCUT2D eigenvalue weighted by molar-refractivity contribution is 5.83. The van der Waals surface area contributed by atoms with Crippen LogP contribution in [0.5, 0.6) is 0 Å². The predicted molar refractivity (Wildman–Crippen MR) is 52.6 cm³/mol. The maximum Gasteiger partial charge on any atom is 0.335 e. The van der Waals surface area contributed by atoms with Crippen LogP contribution in [0.1, 0.15) is 13.3 Å². The van der Waals surface area contributed by atoms with Gasteiger partial charge in [0.25, 0.3) is 0 Å². The third kappa shape index (κ3) is 8.12. The summed E-state index contributed by atoms with van der Waals surface area (Å²) in [6, 6.07) is -0.00926. The fraction of sp³-hybridized carbons (Fsp3) is 0.750. The van der Waals surface area contributed by atoms with Crippen LogP contribution in [0, 0.1) is 0 Å². The summed E-state index contributed by atoms with van der Waals surface area (Å²) in [6.45, 7) is 2.05. The van der Waals surface area contributed by atoms with Crippen LogP contribution in [0.3, 0.4) is 0 Å². The Hall–Kier alpha value is -1.22. The third-order valence-corrected chi connectivity index (χ3v) is 1.56. The number of aliphatic hydroxyl groups is 3. The van der Waals surface area contributed by atoms with E-state index in [1.54, 1.807) is 0 Å². The lowest BCUT2D eigenvalue weighted by Gasteiger charge is -2.07. The number of rotatable bonds is 5. The summed E-state index contributed by atoms with van der Waals surface area (Å²) in [6.07, 6.45) is -3.67. The average molecular weight is 239 g/mol. The van der Waals surface area contributed by atoms with E-state index in [0.29, 0.717) is 0 Å². The number of aliphatic hydroxyl groups excluding tert-OH is 3. The molecule has 96 valence electrons. The summed E-state index contributed by atoms with van der Waals surface area (Å²) < 4.78 is 0. The van der Waals surface area contributed by atoms with E-state index in [4.69, 9.17) is 31.3 Å². The lowest BCUT2D eigenvalue weighted by Crippen LogP contribution is -2.39. The minimum atomic E-state index is -2.27. The Labute approximate surface area is 91.9 Å². The molecule has 0 rings (SSSR count). The first-order chi connectivity index (χ1) is 7.27. The van der Waals surface area contributed by atoms with Gasteiger partial charge in [0.1, 0.15) is 0 Å². The molecule has 16 heavy (non-hydrogen) atoms. The molecule has 0 amide bonds. The molecular weight excluding hydrogens is 222 g/mol. The van der Waals surface area contributed by atoms with Gasteiger partial charge in [0, 0.05) is 6.04 Å². The second-order valence-corrected chi connectivity index (χ2v) is 2.92. The highest BCUT2D eigenvalue weighted by Crippen LogP contribution is 1.92. The van der Waals surface area contributed by atoms with Gasteiger partial charge in [-0.2, -0.15) is 0 Å². The van der Waals surface area contributed by atoms with Gasteiger partial charge < -0.3 is 31.3 Å². The van der Waals surface area contributed by atoms with Crippen molar-refractivity contribution in [2.75, 3.05) is 6.61 Å². The van der Waals surface area contributed by atoms with Gasteiger partial charge in [-0.1, -0.05) is 6.92 Å². The van der Waals surface area contributed by atoms with Gasteiger partial charge in [-0.25, -0.2) is 9.59 Å². The van der Waals surface area contributed by atoms with E-state index < -0.39 is 24.1 Å². The van der Waals surface area contributed by atoms with Gasteiger partial charge >= 0.3 is 11.9 Å². The maximum atomic E-state index is 9.77. The molecule has 0 aliphatic heterocycles. The number of nitrogens with two attached hydrogens (primary N) is 1. The van der Waals surface area contributed by atoms with Gasteiger partial charge in [0.05, 0.1) is 6.61 Å². The molecule has 8 nitrogen and oxygen atoms in total. The van der Waals surface area contributed by atoms with Gasteiger partial charge in [0.15, 0.2) is 12.2 Å². The maximum absolute atomic E-state index is 9.77. The van der Waals surface area contributed by atoms with E-state index in [-0.39, 0.29) is 12.6 Å². The molecule has 3 atom stereocenters. The standard InChI is InChI=1S/C4H11NO.C4H6O6/c1-2-4(5)3-6;5-1(3(7)8)2(6)4(9)10/h4,6H,2-3,5H2,1H3;1-2,5-6H,(H,7,8)(H,9,10)/t4-;1-,2-/m11/s1. The second kappa shape index (κ2) is 9.04. The van der Waals surface area contributed by atoms with Crippen LogP contribution < -0.4 is 5.73 Å². The van der Waals surface area contributed by atoms with E-state index in [2.05, 4.69) is 0 Å². The van der Waals surface area contributed by atoms with Crippen LogP contribution in [0.25, 0.3) is 0 Å². The fourth-order valence-corrected chi connectivity index (χ4v) is 0.399. The van der Waals surface area contributed by atoms with Crippen molar-refractivity contribution in [1.29, 1.82) is 0 Å². The highest BCUT2D eigenvalue weighted by atomic mass is 16.4. The molecule has 0 spiro atoms. The molecule has 7 N–H and O–H groups in total. The zero-order chi connectivity index (χ0) is 13.3. The first-order valence-electron chi connectivity index (χ1n) is 4.46. The third-order valence-electron chi connectivity index (χ3n) is 1.56. The molecule has 0 radical (unpaired) electrons. The van der Waals surface area contributed by atoms with Crippen LogP contribution in [-0.2, 0) is 9.59 Å². The van der Waals surface area contributed by atoms with E-state index in [0.717, 1.165) is 6.42 Å². The highest BCUT2D eigenvalue weighted by Gasteiger charge is 2.29. The summed E-state index contributed by atoms with van der Waals surface area (Å²) >= 11 is 0. The van der Waals surface area contributed by atoms with E-state index in [1.807, 2.05) is 6.92 Å². The summed E-state index contributed by atoms with van der Waals surface area (Å²) in [5.74, 6) is -3.54. The number of carboxylic acid groups (broad SMARTS) is 2. The Morgan fingerprint density at radius 3 is 1.50 bits per heavy atom. The van der Waals surface area contributed by atoms with Crippen LogP contribution in [0.2, 0.25) is 0 Å². The zero-order valence-corrected chi connectivity index (χ0v) is 8.78. The quantitative estimate of drug-likeness (QED) is 0.309. The van der Waals surface area contributed by atoms with Crippen molar-refractivity contribution in [2.45, 2.75) is 31.6 Å². The molecular formula is C8H17NO7. The molecule has 0 heterocycles. The lowest BCUT2D eigenvalue weighted by atomic mass is 10.2. The van der Waals surface area contributed by atoms with Crippen molar-refractivity contribution >= 4 is 11.9 Å². The molecule has 0 saturated heterocycles. The van der Waals surface area contributed by atoms with Gasteiger partial charge in [-0.05, 0) is 6.42 Å². The molecule has 0 aromatic heterocycles. The Morgan fingerprint density at radius 1 is 1.12 bits per heavy atom. The smallest absolute Gasteiger partial charge is 0.335 e. The molecule has 0 aromatic rings. The minimum absolute atomic E-state index is 0.00926. The summed E-state index contributed by atoms with van der Waals surface area (Å²) in [7, 11) is 0. The van der Waals surface area contributed by atoms with E-state index in [1.165, 1.54) is 0 Å². The van der Waals surface area contributed by atoms with Gasteiger partial charge in [-0.15, -0.1) is 0 Å². The van der Waals surface area contributed by atoms with Crippen molar-refractivity contribution in [3.05, 3.63) is 0 Å². The van der Waals surface area contributed by atoms with Crippen LogP contribution >= 0.6 is 0 Å². The SMILES string of the molecule is CC[C@@H](N)CO.O=C(O)[C@H](O)[C@@H](O)C(=O)O. The minimum Gasteiger partial charge on any atom is -0.479 e. The van der Waals surface area contributed by atoms with Gasteiger partial charge in [0.2, 0.25) is 0 Å². The topological polar surface area (TPSA) is 161 Å². The van der Waals surface area contributed by atoms with Crippen molar-refractivity contribution < 1.29 is 35.1 Å². The lowest BCUT2D eigenvalue weighted by molar-refractivity contribution is -0.165. The monoisotopic (exact) mass is 239 g/mol. The Bertz CT molecular complexity index is 198. The zero-order valence-electron chi connectivity index (χ0n) is 8.78. The predicted octanol–water partition coefficient (Wildman–Crippen LogP) is -2.41. The Kier molecular flexibility index (Phi) is 9.71. The molecule has 0 aliphatic carbocycles. The first-order valence-corrected chi connectivity index (χ1v) is 4.46. The largest absolute Gasteiger partial charge is 0.479 e. The van der Waals surface area contributed by atoms with Crippen molar-refractivity contribution in [1.82, 2.24) is 0 Å². The molecule has 0 fully saturated rings. The average Bonchev–Trinajstić information content (AvgIpc) is 2.26. The first kappa shape index (κ1) is 17.2. The number of aliphatic carboxylic acids is 2. The number of carboxylic acids is 2. The fourth-order valence-electron chi connectivity index (χ4n) is 0.399. The van der Waals surface area contributed by atoms with E-state index >= 15 is 0 Å². The molecule has 0 aliphatic rings. The van der Waals surface area contributed by atoms with Crippen molar-refractivity contribution in [3.8, 4) is 0 Å². The second-order valence-electron chi connectivity index (χ2n) is 2.92. The summed E-state index contributed by atoms with van der Waals surface area (Å²) in [5, 5.41) is 40.7. The molecule has 0 unspecified atom stereocenters. The van der Waals surface area contributed by atoms with Crippen molar-refractivity contribution in [2.24, 2.45) is 5.73 Å². The summed E-state index contributed by atoms with van der Waals surface area (Å²) in [5.41, 5.74) is 5.22. The molecule has 8 heteroatoms. The van der Waals surface area contributed by atoms with Crippen LogP contribution in [-0.4, -0.2) is 62.3 Å². The van der Waals surface area contributed by atoms with Crippen molar-refractivity contribution in [3.63, 3.8) is 0 Å². The Balaban J connectivity index is 0. The van der Waals surface area contributed by atoms with E-state index in [9.17, 15) is 9.59 Å². The number of carbonyl (C=O) groups is 2. The normalized spacial score (nSPS) is 15.3. The number of hydrogen-bond acceptors (Lipinski definition) is 6. The summed E-state index contributed by atoms with van der Waals surface area (Å²) in [4.78, 5) is 19.5. The number of hydrogen-bond donors (Lipinski definition) is 6.